The lowest BCUT2D eigenvalue weighted by atomic mass is 9.75. The van der Waals surface area contributed by atoms with Gasteiger partial charge in [0.1, 0.15) is 11.6 Å². The zero-order chi connectivity index (χ0) is 23.9. The molecule has 34 heavy (non-hydrogen) atoms. The fourth-order valence-electron chi connectivity index (χ4n) is 5.27. The van der Waals surface area contributed by atoms with Gasteiger partial charge in [0.05, 0.1) is 5.56 Å². The van der Waals surface area contributed by atoms with E-state index in [9.17, 15) is 9.18 Å². The number of hydrogen-bond acceptors (Lipinski definition) is 2. The highest BCUT2D eigenvalue weighted by molar-refractivity contribution is 5.91. The molecule has 1 fully saturated rings. The second-order valence-electron chi connectivity index (χ2n) is 9.78. The molecule has 0 radical (unpaired) electrons. The smallest absolute Gasteiger partial charge is 0.343 e. The Morgan fingerprint density at radius 2 is 1.68 bits per heavy atom. The van der Waals surface area contributed by atoms with Crippen LogP contribution in [0.5, 0.6) is 5.75 Å². The molecule has 4 rings (SSSR count). The summed E-state index contributed by atoms with van der Waals surface area (Å²) in [7, 11) is 0. The number of carbonyl (C=O) groups is 1. The summed E-state index contributed by atoms with van der Waals surface area (Å²) in [6.45, 7) is 4.35. The molecule has 0 N–H and O–H groups in total. The number of rotatable bonds is 8. The first-order chi connectivity index (χ1) is 16.5. The van der Waals surface area contributed by atoms with E-state index in [0.29, 0.717) is 29.4 Å². The summed E-state index contributed by atoms with van der Waals surface area (Å²) in [6.07, 6.45) is 7.70. The first-order valence-corrected chi connectivity index (χ1v) is 12.7. The minimum absolute atomic E-state index is 0.245. The molecule has 3 heteroatoms. The molecule has 0 saturated heterocycles. The second kappa shape index (κ2) is 11.5. The minimum Gasteiger partial charge on any atom is -0.423 e. The van der Waals surface area contributed by atoms with E-state index in [-0.39, 0.29) is 11.6 Å². The van der Waals surface area contributed by atoms with Crippen molar-refractivity contribution in [2.75, 3.05) is 0 Å². The van der Waals surface area contributed by atoms with Gasteiger partial charge in [-0.05, 0) is 91.2 Å². The van der Waals surface area contributed by atoms with E-state index in [1.54, 1.807) is 12.1 Å². The molecular weight excluding hydrogens is 423 g/mol. The summed E-state index contributed by atoms with van der Waals surface area (Å²) in [5.41, 5.74) is 3.87. The second-order valence-corrected chi connectivity index (χ2v) is 9.78. The molecule has 0 aliphatic heterocycles. The monoisotopic (exact) mass is 458 g/mol. The van der Waals surface area contributed by atoms with Gasteiger partial charge < -0.3 is 4.74 Å². The van der Waals surface area contributed by atoms with Gasteiger partial charge in [-0.3, -0.25) is 0 Å². The standard InChI is InChI=1S/C31H35FO2/c1-3-7-27-18-19-29(21-30(27)32)34-31(33)28-16-14-26(15-17-28)25-12-10-23(11-13-25)20-22(2)24-8-5-4-6-9-24/h4-6,8-9,14-19,21-23,25H,3,7,10-13,20H2,1-2H3. The highest BCUT2D eigenvalue weighted by Crippen LogP contribution is 2.39. The Morgan fingerprint density at radius 1 is 0.971 bits per heavy atom. The molecule has 1 saturated carbocycles. The predicted octanol–water partition coefficient (Wildman–Crippen LogP) is 8.47. The summed E-state index contributed by atoms with van der Waals surface area (Å²) in [4.78, 5) is 12.5. The average Bonchev–Trinajstić information content (AvgIpc) is 2.87. The van der Waals surface area contributed by atoms with Gasteiger partial charge in [0.2, 0.25) is 0 Å². The Kier molecular flexibility index (Phi) is 8.16. The lowest BCUT2D eigenvalue weighted by Crippen LogP contribution is -2.15. The quantitative estimate of drug-likeness (QED) is 0.250. The lowest BCUT2D eigenvalue weighted by Gasteiger charge is -2.30. The van der Waals surface area contributed by atoms with E-state index < -0.39 is 5.97 Å². The highest BCUT2D eigenvalue weighted by atomic mass is 19.1. The molecule has 2 nitrogen and oxygen atoms in total. The third-order valence-corrected chi connectivity index (χ3v) is 7.27. The first-order valence-electron chi connectivity index (χ1n) is 12.7. The van der Waals surface area contributed by atoms with E-state index in [2.05, 4.69) is 49.4 Å². The normalized spacial score (nSPS) is 18.9. The van der Waals surface area contributed by atoms with E-state index in [0.717, 1.165) is 12.3 Å². The maximum Gasteiger partial charge on any atom is 0.343 e. The summed E-state index contributed by atoms with van der Waals surface area (Å²) >= 11 is 0. The average molecular weight is 459 g/mol. The number of halogens is 1. The number of ether oxygens (including phenoxy) is 1. The van der Waals surface area contributed by atoms with Gasteiger partial charge in [-0.25, -0.2) is 9.18 Å². The van der Waals surface area contributed by atoms with Crippen LogP contribution in [0, 0.1) is 11.7 Å². The van der Waals surface area contributed by atoms with Gasteiger partial charge >= 0.3 is 5.97 Å². The van der Waals surface area contributed by atoms with Crippen molar-refractivity contribution in [3.63, 3.8) is 0 Å². The minimum atomic E-state index is -0.451. The molecule has 0 heterocycles. The van der Waals surface area contributed by atoms with E-state index >= 15 is 0 Å². The topological polar surface area (TPSA) is 26.3 Å². The molecule has 0 amide bonds. The Morgan fingerprint density at radius 3 is 2.32 bits per heavy atom. The van der Waals surface area contributed by atoms with Gasteiger partial charge in [0.15, 0.2) is 0 Å². The first kappa shape index (κ1) is 24.2. The number of carbonyl (C=O) groups excluding carboxylic acids is 1. The van der Waals surface area contributed by atoms with Crippen molar-refractivity contribution in [2.24, 2.45) is 5.92 Å². The molecule has 1 aliphatic rings. The van der Waals surface area contributed by atoms with Crippen LogP contribution in [0.4, 0.5) is 4.39 Å². The van der Waals surface area contributed by atoms with Crippen LogP contribution in [0.1, 0.15) is 91.3 Å². The number of esters is 1. The largest absolute Gasteiger partial charge is 0.423 e. The van der Waals surface area contributed by atoms with Gasteiger partial charge in [0.25, 0.3) is 0 Å². The van der Waals surface area contributed by atoms with Crippen LogP contribution in [0.25, 0.3) is 0 Å². The zero-order valence-electron chi connectivity index (χ0n) is 20.3. The van der Waals surface area contributed by atoms with Crippen molar-refractivity contribution < 1.29 is 13.9 Å². The Hall–Kier alpha value is -2.94. The van der Waals surface area contributed by atoms with Gasteiger partial charge in [0, 0.05) is 6.07 Å². The number of benzene rings is 3. The zero-order valence-corrected chi connectivity index (χ0v) is 20.3. The third-order valence-electron chi connectivity index (χ3n) is 7.27. The molecule has 0 aromatic heterocycles. The molecule has 3 aromatic carbocycles. The van der Waals surface area contributed by atoms with Gasteiger partial charge in [-0.15, -0.1) is 0 Å². The molecule has 0 bridgehead atoms. The van der Waals surface area contributed by atoms with Crippen LogP contribution in [-0.4, -0.2) is 5.97 Å². The fourth-order valence-corrected chi connectivity index (χ4v) is 5.27. The summed E-state index contributed by atoms with van der Waals surface area (Å²) in [5.74, 6) is 1.40. The fraction of sp³-hybridized carbons (Fsp3) is 0.387. The van der Waals surface area contributed by atoms with Gasteiger partial charge in [-0.2, -0.15) is 0 Å². The highest BCUT2D eigenvalue weighted by Gasteiger charge is 2.24. The van der Waals surface area contributed by atoms with Crippen molar-refractivity contribution in [1.29, 1.82) is 0 Å². The van der Waals surface area contributed by atoms with Crippen molar-refractivity contribution in [2.45, 2.75) is 70.6 Å². The number of aryl methyl sites for hydroxylation is 1. The Balaban J connectivity index is 1.29. The number of hydrogen-bond donors (Lipinski definition) is 0. The summed E-state index contributed by atoms with van der Waals surface area (Å²) in [5, 5.41) is 0. The lowest BCUT2D eigenvalue weighted by molar-refractivity contribution is 0.0734. The van der Waals surface area contributed by atoms with Crippen LogP contribution in [0.15, 0.2) is 72.8 Å². The molecule has 178 valence electrons. The Bertz CT molecular complexity index is 1070. The van der Waals surface area contributed by atoms with E-state index in [4.69, 9.17) is 4.74 Å². The van der Waals surface area contributed by atoms with Crippen molar-refractivity contribution in [1.82, 2.24) is 0 Å². The molecule has 3 aromatic rings. The van der Waals surface area contributed by atoms with Crippen LogP contribution < -0.4 is 4.74 Å². The summed E-state index contributed by atoms with van der Waals surface area (Å²) < 4.78 is 19.5. The maximum absolute atomic E-state index is 14.1. The molecular formula is C31H35FO2. The Labute approximate surface area is 203 Å². The van der Waals surface area contributed by atoms with Crippen LogP contribution in [-0.2, 0) is 6.42 Å². The van der Waals surface area contributed by atoms with Crippen molar-refractivity contribution >= 4 is 5.97 Å². The molecule has 1 aliphatic carbocycles. The van der Waals surface area contributed by atoms with Crippen molar-refractivity contribution in [3.05, 3.63) is 101 Å². The molecule has 1 unspecified atom stereocenters. The SMILES string of the molecule is CCCc1ccc(OC(=O)c2ccc(C3CCC(CC(C)c4ccccc4)CC3)cc2)cc1F. The van der Waals surface area contributed by atoms with E-state index in [1.807, 2.05) is 19.1 Å². The van der Waals surface area contributed by atoms with Crippen molar-refractivity contribution in [3.8, 4) is 5.75 Å². The third kappa shape index (κ3) is 6.14. The predicted molar refractivity (Wildman–Crippen MR) is 136 cm³/mol. The summed E-state index contributed by atoms with van der Waals surface area (Å²) in [6, 6.07) is 23.3. The van der Waals surface area contributed by atoms with Crippen LogP contribution in [0.2, 0.25) is 0 Å². The van der Waals surface area contributed by atoms with Crippen LogP contribution >= 0.6 is 0 Å². The maximum atomic E-state index is 14.1. The molecule has 0 spiro atoms. The van der Waals surface area contributed by atoms with E-state index in [1.165, 1.54) is 49.3 Å². The van der Waals surface area contributed by atoms with Crippen LogP contribution in [0.3, 0.4) is 0 Å². The van der Waals surface area contributed by atoms with Gasteiger partial charge in [-0.1, -0.05) is 68.8 Å². The molecule has 1 atom stereocenters.